The van der Waals surface area contributed by atoms with E-state index in [1.54, 1.807) is 19.6 Å². The third-order valence-corrected chi connectivity index (χ3v) is 5.75. The fourth-order valence-electron chi connectivity index (χ4n) is 4.36. The lowest BCUT2D eigenvalue weighted by Gasteiger charge is -2.09. The van der Waals surface area contributed by atoms with Crippen LogP contribution in [0.25, 0.3) is 55.2 Å². The standard InChI is InChI=1S/C23H18N6O2/c1-11-20(12(2)31-29-11)15-6-17-14(7-19(15)30-3)21-22(26-10-27-23(21)28-17)16-8-25-18-9-24-5-4-13(16)18/h4-10,25H,1-3H3,(H,26,27,28). The molecule has 0 fully saturated rings. The van der Waals surface area contributed by atoms with Crippen LogP contribution in [-0.4, -0.2) is 37.2 Å². The summed E-state index contributed by atoms with van der Waals surface area (Å²) in [6.07, 6.45) is 7.14. The number of methoxy groups -OCH3 is 1. The molecule has 6 aromatic rings. The van der Waals surface area contributed by atoms with Gasteiger partial charge in [-0.25, -0.2) is 9.97 Å². The molecule has 0 spiro atoms. The van der Waals surface area contributed by atoms with E-state index in [1.807, 2.05) is 38.4 Å². The first-order chi connectivity index (χ1) is 15.2. The number of aryl methyl sites for hydroxylation is 2. The third-order valence-electron chi connectivity index (χ3n) is 5.75. The van der Waals surface area contributed by atoms with Crippen LogP contribution in [0.3, 0.4) is 0 Å². The van der Waals surface area contributed by atoms with Gasteiger partial charge < -0.3 is 19.2 Å². The number of ether oxygens (including phenoxy) is 1. The number of pyridine rings is 1. The van der Waals surface area contributed by atoms with Crippen LogP contribution in [0.4, 0.5) is 0 Å². The third kappa shape index (κ3) is 2.48. The van der Waals surface area contributed by atoms with Gasteiger partial charge in [0.1, 0.15) is 23.5 Å². The van der Waals surface area contributed by atoms with Crippen LogP contribution in [0.2, 0.25) is 0 Å². The largest absolute Gasteiger partial charge is 0.496 e. The zero-order valence-corrected chi connectivity index (χ0v) is 17.1. The lowest BCUT2D eigenvalue weighted by molar-refractivity contribution is 0.393. The van der Waals surface area contributed by atoms with Gasteiger partial charge in [0.05, 0.1) is 41.2 Å². The summed E-state index contributed by atoms with van der Waals surface area (Å²) in [6, 6.07) is 6.07. The molecule has 6 rings (SSSR count). The second-order valence-corrected chi connectivity index (χ2v) is 7.49. The second-order valence-electron chi connectivity index (χ2n) is 7.49. The monoisotopic (exact) mass is 410 g/mol. The van der Waals surface area contributed by atoms with E-state index in [0.717, 1.165) is 72.4 Å². The summed E-state index contributed by atoms with van der Waals surface area (Å²) in [5.74, 6) is 1.49. The molecule has 0 aliphatic carbocycles. The van der Waals surface area contributed by atoms with E-state index in [9.17, 15) is 0 Å². The molecule has 8 heteroatoms. The smallest absolute Gasteiger partial charge is 0.142 e. The Bertz CT molecular complexity index is 1590. The van der Waals surface area contributed by atoms with Crippen LogP contribution in [0.5, 0.6) is 5.75 Å². The first kappa shape index (κ1) is 17.6. The molecule has 0 saturated carbocycles. The Hall–Kier alpha value is -4.20. The SMILES string of the molecule is COc1cc2c(cc1-c1c(C)noc1C)[nH]c1ncnc(-c3c[nH]c4cnccc34)c12. The zero-order valence-electron chi connectivity index (χ0n) is 17.1. The molecule has 0 aliphatic heterocycles. The maximum atomic E-state index is 5.77. The van der Waals surface area contributed by atoms with E-state index in [0.29, 0.717) is 0 Å². The first-order valence-corrected chi connectivity index (χ1v) is 9.85. The molecule has 0 aliphatic rings. The average molecular weight is 410 g/mol. The normalized spacial score (nSPS) is 11.7. The van der Waals surface area contributed by atoms with Crippen molar-refractivity contribution < 1.29 is 9.26 Å². The quantitative estimate of drug-likeness (QED) is 0.428. The molecule has 0 radical (unpaired) electrons. The number of nitrogens with one attached hydrogen (secondary N) is 2. The van der Waals surface area contributed by atoms with Gasteiger partial charge in [-0.05, 0) is 32.0 Å². The summed E-state index contributed by atoms with van der Waals surface area (Å²) in [7, 11) is 1.67. The van der Waals surface area contributed by atoms with Crippen molar-refractivity contribution in [1.82, 2.24) is 30.1 Å². The summed E-state index contributed by atoms with van der Waals surface area (Å²) in [5, 5.41) is 7.09. The number of aromatic amines is 2. The molecule has 8 nitrogen and oxygen atoms in total. The van der Waals surface area contributed by atoms with Crippen LogP contribution in [0, 0.1) is 13.8 Å². The number of fused-ring (bicyclic) bond motifs is 4. The molecule has 5 heterocycles. The van der Waals surface area contributed by atoms with Crippen molar-refractivity contribution in [2.75, 3.05) is 7.11 Å². The Morgan fingerprint density at radius 1 is 1.03 bits per heavy atom. The van der Waals surface area contributed by atoms with Gasteiger partial charge in [0.25, 0.3) is 0 Å². The lowest BCUT2D eigenvalue weighted by Crippen LogP contribution is -1.90. The highest BCUT2D eigenvalue weighted by Gasteiger charge is 2.21. The summed E-state index contributed by atoms with van der Waals surface area (Å²) in [5.41, 5.74) is 7.19. The number of hydrogen-bond acceptors (Lipinski definition) is 6. The second kappa shape index (κ2) is 6.40. The minimum atomic E-state index is 0.737. The fraction of sp³-hybridized carbons (Fsp3) is 0.130. The summed E-state index contributed by atoms with van der Waals surface area (Å²) in [4.78, 5) is 20.0. The van der Waals surface area contributed by atoms with Crippen LogP contribution in [-0.2, 0) is 0 Å². The van der Waals surface area contributed by atoms with Gasteiger partial charge in [0, 0.05) is 39.8 Å². The Kier molecular flexibility index (Phi) is 3.64. The molecule has 152 valence electrons. The first-order valence-electron chi connectivity index (χ1n) is 9.85. The molecule has 0 amide bonds. The number of rotatable bonds is 3. The predicted molar refractivity (Wildman–Crippen MR) is 118 cm³/mol. The molecule has 5 aromatic heterocycles. The van der Waals surface area contributed by atoms with Crippen molar-refractivity contribution in [2.45, 2.75) is 13.8 Å². The molecule has 0 unspecified atom stereocenters. The van der Waals surface area contributed by atoms with Crippen molar-refractivity contribution in [3.63, 3.8) is 0 Å². The molecule has 0 bridgehead atoms. The maximum absolute atomic E-state index is 5.77. The van der Waals surface area contributed by atoms with Crippen LogP contribution < -0.4 is 4.74 Å². The molecule has 0 atom stereocenters. The van der Waals surface area contributed by atoms with E-state index < -0.39 is 0 Å². The lowest BCUT2D eigenvalue weighted by atomic mass is 10.00. The van der Waals surface area contributed by atoms with Crippen LogP contribution in [0.1, 0.15) is 11.5 Å². The van der Waals surface area contributed by atoms with Gasteiger partial charge in [-0.1, -0.05) is 5.16 Å². The summed E-state index contributed by atoms with van der Waals surface area (Å²) < 4.78 is 11.2. The Morgan fingerprint density at radius 3 is 2.74 bits per heavy atom. The summed E-state index contributed by atoms with van der Waals surface area (Å²) in [6.45, 7) is 3.83. The number of nitrogens with zero attached hydrogens (tertiary/aromatic N) is 4. The van der Waals surface area contributed by atoms with Crippen molar-refractivity contribution in [3.8, 4) is 28.1 Å². The average Bonchev–Trinajstić information content (AvgIpc) is 3.47. The van der Waals surface area contributed by atoms with Gasteiger partial charge in [0.15, 0.2) is 0 Å². The van der Waals surface area contributed by atoms with Crippen LogP contribution >= 0.6 is 0 Å². The molecule has 0 saturated heterocycles. The highest BCUT2D eigenvalue weighted by molar-refractivity contribution is 6.15. The molecular formula is C23H18N6O2. The predicted octanol–water partition coefficient (Wildman–Crippen LogP) is 4.93. The zero-order chi connectivity index (χ0) is 21.1. The van der Waals surface area contributed by atoms with Crippen molar-refractivity contribution >= 4 is 32.8 Å². The van der Waals surface area contributed by atoms with Crippen LogP contribution in [0.15, 0.2) is 47.6 Å². The minimum absolute atomic E-state index is 0.737. The molecule has 31 heavy (non-hydrogen) atoms. The highest BCUT2D eigenvalue weighted by atomic mass is 16.5. The number of benzene rings is 1. The van der Waals surface area contributed by atoms with Gasteiger partial charge in [-0.15, -0.1) is 0 Å². The number of hydrogen-bond donors (Lipinski definition) is 2. The Morgan fingerprint density at radius 2 is 1.94 bits per heavy atom. The highest BCUT2D eigenvalue weighted by Crippen LogP contribution is 2.41. The van der Waals surface area contributed by atoms with E-state index in [4.69, 9.17) is 9.26 Å². The molecular weight excluding hydrogens is 392 g/mol. The van der Waals surface area contributed by atoms with E-state index in [1.165, 1.54) is 0 Å². The van der Waals surface area contributed by atoms with Gasteiger partial charge >= 0.3 is 0 Å². The summed E-state index contributed by atoms with van der Waals surface area (Å²) >= 11 is 0. The van der Waals surface area contributed by atoms with E-state index in [2.05, 4.69) is 36.1 Å². The minimum Gasteiger partial charge on any atom is -0.496 e. The topological polar surface area (TPSA) is 106 Å². The van der Waals surface area contributed by atoms with Crippen molar-refractivity contribution in [3.05, 3.63) is 54.6 Å². The number of aromatic nitrogens is 6. The number of H-pyrrole nitrogens is 2. The fourth-order valence-corrected chi connectivity index (χ4v) is 4.36. The Labute approximate surface area is 176 Å². The molecule has 2 N–H and O–H groups in total. The van der Waals surface area contributed by atoms with Crippen molar-refractivity contribution in [1.29, 1.82) is 0 Å². The maximum Gasteiger partial charge on any atom is 0.142 e. The Balaban J connectivity index is 1.68. The van der Waals surface area contributed by atoms with Crippen molar-refractivity contribution in [2.24, 2.45) is 0 Å². The van der Waals surface area contributed by atoms with Gasteiger partial charge in [-0.2, -0.15) is 0 Å². The van der Waals surface area contributed by atoms with Gasteiger partial charge in [0.2, 0.25) is 0 Å². The van der Waals surface area contributed by atoms with E-state index >= 15 is 0 Å². The van der Waals surface area contributed by atoms with E-state index in [-0.39, 0.29) is 0 Å². The molecule has 1 aromatic carbocycles. The van der Waals surface area contributed by atoms with Gasteiger partial charge in [-0.3, -0.25) is 4.98 Å².